The number of methoxy groups -OCH3 is 1. The van der Waals surface area contributed by atoms with E-state index >= 15 is 0 Å². The molecule has 0 saturated heterocycles. The van der Waals surface area contributed by atoms with Crippen molar-refractivity contribution < 1.29 is 19.0 Å². The molecule has 1 aromatic rings. The van der Waals surface area contributed by atoms with Crippen molar-refractivity contribution in [2.75, 3.05) is 39.3 Å². The molecular weight excluding hydrogens is 236 g/mol. The molecule has 0 radical (unpaired) electrons. The van der Waals surface area contributed by atoms with E-state index in [9.17, 15) is 4.79 Å². The van der Waals surface area contributed by atoms with E-state index in [0.29, 0.717) is 44.2 Å². The molecule has 0 saturated carbocycles. The SMILES string of the molecule is COCCOCCCOC(=O)c1ccc(N)nc1. The van der Waals surface area contributed by atoms with Crippen LogP contribution >= 0.6 is 0 Å². The number of ether oxygens (including phenoxy) is 3. The Bertz CT molecular complexity index is 354. The van der Waals surface area contributed by atoms with Gasteiger partial charge in [0.15, 0.2) is 0 Å². The molecule has 100 valence electrons. The predicted molar refractivity (Wildman–Crippen MR) is 66.2 cm³/mol. The normalized spacial score (nSPS) is 10.3. The molecule has 0 unspecified atom stereocenters. The van der Waals surface area contributed by atoms with Crippen molar-refractivity contribution in [3.8, 4) is 0 Å². The van der Waals surface area contributed by atoms with Crippen LogP contribution in [-0.4, -0.2) is 44.5 Å². The number of esters is 1. The highest BCUT2D eigenvalue weighted by atomic mass is 16.5. The van der Waals surface area contributed by atoms with Crippen LogP contribution in [0.2, 0.25) is 0 Å². The summed E-state index contributed by atoms with van der Waals surface area (Å²) in [5, 5.41) is 0. The molecule has 0 atom stereocenters. The molecule has 6 heteroatoms. The lowest BCUT2D eigenvalue weighted by atomic mass is 10.3. The molecule has 18 heavy (non-hydrogen) atoms. The number of nitrogen functional groups attached to an aromatic ring is 1. The minimum Gasteiger partial charge on any atom is -0.462 e. The van der Waals surface area contributed by atoms with Crippen LogP contribution in [-0.2, 0) is 14.2 Å². The van der Waals surface area contributed by atoms with Crippen LogP contribution in [0.1, 0.15) is 16.8 Å². The molecule has 2 N–H and O–H groups in total. The smallest absolute Gasteiger partial charge is 0.339 e. The summed E-state index contributed by atoms with van der Waals surface area (Å²) in [5.74, 6) is -0.0301. The Balaban J connectivity index is 2.12. The van der Waals surface area contributed by atoms with Crippen LogP contribution in [0.15, 0.2) is 18.3 Å². The highest BCUT2D eigenvalue weighted by molar-refractivity contribution is 5.89. The van der Waals surface area contributed by atoms with Gasteiger partial charge >= 0.3 is 5.97 Å². The quantitative estimate of drug-likeness (QED) is 0.547. The zero-order chi connectivity index (χ0) is 13.2. The van der Waals surface area contributed by atoms with E-state index in [1.807, 2.05) is 0 Å². The topological polar surface area (TPSA) is 83.7 Å². The second-order valence-electron chi connectivity index (χ2n) is 3.57. The Kier molecular flexibility index (Phi) is 6.75. The summed E-state index contributed by atoms with van der Waals surface area (Å²) in [6.07, 6.45) is 2.05. The Labute approximate surface area is 106 Å². The molecule has 6 nitrogen and oxygen atoms in total. The van der Waals surface area contributed by atoms with Crippen molar-refractivity contribution in [3.63, 3.8) is 0 Å². The van der Waals surface area contributed by atoms with Crippen molar-refractivity contribution >= 4 is 11.8 Å². The number of carbonyl (C=O) groups is 1. The third kappa shape index (κ3) is 5.60. The van der Waals surface area contributed by atoms with Crippen LogP contribution in [0.3, 0.4) is 0 Å². The van der Waals surface area contributed by atoms with Crippen LogP contribution in [0, 0.1) is 0 Å². The number of carbonyl (C=O) groups excluding carboxylic acids is 1. The molecule has 0 aromatic carbocycles. The second kappa shape index (κ2) is 8.43. The zero-order valence-corrected chi connectivity index (χ0v) is 10.4. The van der Waals surface area contributed by atoms with E-state index in [2.05, 4.69) is 4.98 Å². The van der Waals surface area contributed by atoms with Crippen molar-refractivity contribution in [1.29, 1.82) is 0 Å². The van der Waals surface area contributed by atoms with Gasteiger partial charge < -0.3 is 19.9 Å². The molecule has 1 aromatic heterocycles. The lowest BCUT2D eigenvalue weighted by Crippen LogP contribution is -2.10. The molecule has 0 aliphatic carbocycles. The van der Waals surface area contributed by atoms with Gasteiger partial charge in [-0.25, -0.2) is 9.78 Å². The maximum Gasteiger partial charge on any atom is 0.339 e. The van der Waals surface area contributed by atoms with Gasteiger partial charge in [-0.05, 0) is 12.1 Å². The molecule has 0 spiro atoms. The molecular formula is C12H18N2O4. The first-order valence-corrected chi connectivity index (χ1v) is 5.69. The van der Waals surface area contributed by atoms with Crippen molar-refractivity contribution in [1.82, 2.24) is 4.98 Å². The maximum atomic E-state index is 11.5. The summed E-state index contributed by atoms with van der Waals surface area (Å²) in [6.45, 7) is 1.97. The molecule has 0 fully saturated rings. The second-order valence-corrected chi connectivity index (χ2v) is 3.57. The summed E-state index contributed by atoms with van der Waals surface area (Å²) in [4.78, 5) is 15.3. The third-order valence-corrected chi connectivity index (χ3v) is 2.12. The van der Waals surface area contributed by atoms with Gasteiger partial charge in [-0.2, -0.15) is 0 Å². The fourth-order valence-corrected chi connectivity index (χ4v) is 1.18. The Hall–Kier alpha value is -1.66. The molecule has 1 heterocycles. The summed E-state index contributed by atoms with van der Waals surface area (Å²) in [6, 6.07) is 3.14. The lowest BCUT2D eigenvalue weighted by Gasteiger charge is -2.05. The standard InChI is InChI=1S/C12H18N2O4/c1-16-7-8-17-5-2-6-18-12(15)10-3-4-11(13)14-9-10/h3-4,9H,2,5-8H2,1H3,(H2,13,14). The van der Waals surface area contributed by atoms with E-state index in [-0.39, 0.29) is 0 Å². The van der Waals surface area contributed by atoms with Crippen molar-refractivity contribution in [2.45, 2.75) is 6.42 Å². The Morgan fingerprint density at radius 3 is 2.78 bits per heavy atom. The maximum absolute atomic E-state index is 11.5. The first kappa shape index (κ1) is 14.4. The monoisotopic (exact) mass is 254 g/mol. The first-order chi connectivity index (χ1) is 8.74. The summed E-state index contributed by atoms with van der Waals surface area (Å²) < 4.78 is 15.1. The van der Waals surface area contributed by atoms with Gasteiger partial charge in [-0.3, -0.25) is 0 Å². The predicted octanol–water partition coefficient (Wildman–Crippen LogP) is 0.874. The fourth-order valence-electron chi connectivity index (χ4n) is 1.18. The van der Waals surface area contributed by atoms with Gasteiger partial charge in [0.05, 0.1) is 25.4 Å². The van der Waals surface area contributed by atoms with E-state index in [4.69, 9.17) is 19.9 Å². The van der Waals surface area contributed by atoms with Crippen molar-refractivity contribution in [3.05, 3.63) is 23.9 Å². The van der Waals surface area contributed by atoms with Gasteiger partial charge in [0.25, 0.3) is 0 Å². The molecule has 0 amide bonds. The van der Waals surface area contributed by atoms with E-state index in [0.717, 1.165) is 0 Å². The number of nitrogens with two attached hydrogens (primary N) is 1. The van der Waals surface area contributed by atoms with Crippen LogP contribution in [0.25, 0.3) is 0 Å². The summed E-state index contributed by atoms with van der Waals surface area (Å²) in [7, 11) is 1.62. The third-order valence-electron chi connectivity index (χ3n) is 2.12. The first-order valence-electron chi connectivity index (χ1n) is 5.69. The number of aromatic nitrogens is 1. The number of nitrogens with zero attached hydrogens (tertiary/aromatic N) is 1. The van der Waals surface area contributed by atoms with E-state index < -0.39 is 5.97 Å². The Morgan fingerprint density at radius 2 is 2.11 bits per heavy atom. The number of hydrogen-bond acceptors (Lipinski definition) is 6. The molecule has 0 aliphatic heterocycles. The number of anilines is 1. The summed E-state index contributed by atoms with van der Waals surface area (Å²) in [5.41, 5.74) is 5.81. The molecule has 0 aliphatic rings. The highest BCUT2D eigenvalue weighted by Crippen LogP contribution is 2.03. The van der Waals surface area contributed by atoms with Gasteiger partial charge in [0.2, 0.25) is 0 Å². The van der Waals surface area contributed by atoms with Gasteiger partial charge in [0, 0.05) is 26.3 Å². The summed E-state index contributed by atoms with van der Waals surface area (Å²) >= 11 is 0. The fraction of sp³-hybridized carbons (Fsp3) is 0.500. The largest absolute Gasteiger partial charge is 0.462 e. The average molecular weight is 254 g/mol. The minimum absolute atomic E-state index is 0.316. The van der Waals surface area contributed by atoms with Crippen LogP contribution in [0.4, 0.5) is 5.82 Å². The number of pyridine rings is 1. The van der Waals surface area contributed by atoms with Gasteiger partial charge in [-0.15, -0.1) is 0 Å². The van der Waals surface area contributed by atoms with Crippen molar-refractivity contribution in [2.24, 2.45) is 0 Å². The van der Waals surface area contributed by atoms with Gasteiger partial charge in [-0.1, -0.05) is 0 Å². The zero-order valence-electron chi connectivity index (χ0n) is 10.4. The molecule has 0 bridgehead atoms. The number of rotatable bonds is 8. The van der Waals surface area contributed by atoms with Gasteiger partial charge in [0.1, 0.15) is 5.82 Å². The Morgan fingerprint density at radius 1 is 1.28 bits per heavy atom. The average Bonchev–Trinajstić information content (AvgIpc) is 2.38. The van der Waals surface area contributed by atoms with Crippen LogP contribution < -0.4 is 5.73 Å². The van der Waals surface area contributed by atoms with E-state index in [1.54, 1.807) is 19.2 Å². The van der Waals surface area contributed by atoms with E-state index in [1.165, 1.54) is 6.20 Å². The van der Waals surface area contributed by atoms with Crippen LogP contribution in [0.5, 0.6) is 0 Å². The number of hydrogen-bond donors (Lipinski definition) is 1. The highest BCUT2D eigenvalue weighted by Gasteiger charge is 2.06. The lowest BCUT2D eigenvalue weighted by molar-refractivity contribution is 0.0385. The minimum atomic E-state index is -0.403. The molecule has 1 rings (SSSR count).